The molecule has 0 saturated carbocycles. The highest BCUT2D eigenvalue weighted by Gasteiger charge is 2.11. The Balaban J connectivity index is 2.75. The summed E-state index contributed by atoms with van der Waals surface area (Å²) < 4.78 is 0. The number of aromatic carboxylic acids is 1. The summed E-state index contributed by atoms with van der Waals surface area (Å²) in [5.41, 5.74) is 5.92. The van der Waals surface area contributed by atoms with E-state index in [9.17, 15) is 4.79 Å². The van der Waals surface area contributed by atoms with Crippen LogP contribution in [0.1, 0.15) is 10.4 Å². The number of likely N-dealkylation sites (N-methyl/N-ethyl adjacent to an activating group) is 1. The minimum atomic E-state index is -1.04. The number of carbonyl (C=O) groups is 1. The summed E-state index contributed by atoms with van der Waals surface area (Å²) in [7, 11) is 3.88. The van der Waals surface area contributed by atoms with E-state index in [1.54, 1.807) is 0 Å². The van der Waals surface area contributed by atoms with Crippen molar-refractivity contribution in [3.63, 3.8) is 0 Å². The third-order valence-electron chi connectivity index (χ3n) is 1.99. The molecule has 1 aromatic rings. The van der Waals surface area contributed by atoms with Crippen LogP contribution in [0.2, 0.25) is 0 Å². The second-order valence-electron chi connectivity index (χ2n) is 3.70. The molecule has 1 rings (SSSR count). The van der Waals surface area contributed by atoms with Gasteiger partial charge >= 0.3 is 5.97 Å². The minimum Gasteiger partial charge on any atom is -0.478 e. The lowest BCUT2D eigenvalue weighted by Gasteiger charge is -2.12. The average Bonchev–Trinajstić information content (AvgIpc) is 2.19. The number of nitrogens with zero attached hydrogens (tertiary/aromatic N) is 2. The van der Waals surface area contributed by atoms with Crippen molar-refractivity contribution >= 4 is 17.5 Å². The summed E-state index contributed by atoms with van der Waals surface area (Å²) in [5.74, 6) is -0.685. The highest BCUT2D eigenvalue weighted by molar-refractivity contribution is 5.94. The summed E-state index contributed by atoms with van der Waals surface area (Å²) in [5, 5.41) is 11.9. The Kier molecular flexibility index (Phi) is 4.07. The number of aromatic nitrogens is 1. The SMILES string of the molecule is CN(C)CCNc1ncc(N)cc1C(=O)O. The molecule has 0 atom stereocenters. The van der Waals surface area contributed by atoms with Crippen LogP contribution in [0, 0.1) is 0 Å². The maximum atomic E-state index is 10.9. The number of hydrogen-bond acceptors (Lipinski definition) is 5. The van der Waals surface area contributed by atoms with Crippen molar-refractivity contribution in [1.82, 2.24) is 9.88 Å². The van der Waals surface area contributed by atoms with Crippen LogP contribution in [0.3, 0.4) is 0 Å². The molecular formula is C10H16N4O2. The molecule has 0 spiro atoms. The number of anilines is 2. The van der Waals surface area contributed by atoms with Gasteiger partial charge in [0.2, 0.25) is 0 Å². The highest BCUT2D eigenvalue weighted by Crippen LogP contribution is 2.14. The Morgan fingerprint density at radius 2 is 2.31 bits per heavy atom. The van der Waals surface area contributed by atoms with Crippen molar-refractivity contribution in [3.8, 4) is 0 Å². The lowest BCUT2D eigenvalue weighted by atomic mass is 10.2. The maximum Gasteiger partial charge on any atom is 0.339 e. The highest BCUT2D eigenvalue weighted by atomic mass is 16.4. The van der Waals surface area contributed by atoms with E-state index in [0.29, 0.717) is 18.1 Å². The van der Waals surface area contributed by atoms with Gasteiger partial charge in [-0.15, -0.1) is 0 Å². The van der Waals surface area contributed by atoms with Gasteiger partial charge in [-0.1, -0.05) is 0 Å². The van der Waals surface area contributed by atoms with Gasteiger partial charge in [-0.25, -0.2) is 9.78 Å². The second kappa shape index (κ2) is 5.32. The summed E-state index contributed by atoms with van der Waals surface area (Å²) in [6, 6.07) is 1.40. The van der Waals surface area contributed by atoms with E-state index in [4.69, 9.17) is 10.8 Å². The van der Waals surface area contributed by atoms with Crippen molar-refractivity contribution in [2.75, 3.05) is 38.2 Å². The normalized spacial score (nSPS) is 10.4. The molecule has 0 aliphatic carbocycles. The first-order valence-corrected chi connectivity index (χ1v) is 4.88. The molecule has 0 aromatic carbocycles. The fourth-order valence-electron chi connectivity index (χ4n) is 1.18. The monoisotopic (exact) mass is 224 g/mol. The summed E-state index contributed by atoms with van der Waals surface area (Å²) >= 11 is 0. The number of hydrogen-bond donors (Lipinski definition) is 3. The fourth-order valence-corrected chi connectivity index (χ4v) is 1.18. The van der Waals surface area contributed by atoms with Gasteiger partial charge in [-0.3, -0.25) is 0 Å². The van der Waals surface area contributed by atoms with E-state index in [0.717, 1.165) is 6.54 Å². The van der Waals surface area contributed by atoms with Gasteiger partial charge in [0.05, 0.1) is 11.9 Å². The maximum absolute atomic E-state index is 10.9. The Bertz CT molecular complexity index is 379. The topological polar surface area (TPSA) is 91.5 Å². The Labute approximate surface area is 94.1 Å². The van der Waals surface area contributed by atoms with Crippen LogP contribution in [0.15, 0.2) is 12.3 Å². The molecule has 0 amide bonds. The molecule has 16 heavy (non-hydrogen) atoms. The Morgan fingerprint density at radius 3 is 2.88 bits per heavy atom. The molecule has 0 unspecified atom stereocenters. The van der Waals surface area contributed by atoms with Crippen LogP contribution in [-0.2, 0) is 0 Å². The first kappa shape index (κ1) is 12.3. The van der Waals surface area contributed by atoms with Crippen LogP contribution in [0.5, 0.6) is 0 Å². The average molecular weight is 224 g/mol. The van der Waals surface area contributed by atoms with Gasteiger partial charge in [-0.2, -0.15) is 0 Å². The third kappa shape index (κ3) is 3.39. The molecule has 6 heteroatoms. The quantitative estimate of drug-likeness (QED) is 0.668. The van der Waals surface area contributed by atoms with Crippen molar-refractivity contribution < 1.29 is 9.90 Å². The van der Waals surface area contributed by atoms with Crippen LogP contribution >= 0.6 is 0 Å². The molecule has 0 fully saturated rings. The molecule has 6 nitrogen and oxygen atoms in total. The number of nitrogen functional groups attached to an aromatic ring is 1. The predicted octanol–water partition coefficient (Wildman–Crippen LogP) is 0.335. The Hall–Kier alpha value is -1.82. The van der Waals surface area contributed by atoms with Gasteiger partial charge in [0, 0.05) is 13.1 Å². The van der Waals surface area contributed by atoms with E-state index in [-0.39, 0.29) is 5.56 Å². The fraction of sp³-hybridized carbons (Fsp3) is 0.400. The second-order valence-corrected chi connectivity index (χ2v) is 3.70. The molecule has 0 aliphatic heterocycles. The van der Waals surface area contributed by atoms with E-state index in [1.165, 1.54) is 12.3 Å². The number of carboxylic acids is 1. The standard InChI is InChI=1S/C10H16N4O2/c1-14(2)4-3-12-9-8(10(15)16)5-7(11)6-13-9/h5-6H,3-4,11H2,1-2H3,(H,12,13)(H,15,16). The van der Waals surface area contributed by atoms with Gasteiger partial charge in [-0.05, 0) is 20.2 Å². The molecule has 88 valence electrons. The predicted molar refractivity (Wildman–Crippen MR) is 62.7 cm³/mol. The number of rotatable bonds is 5. The van der Waals surface area contributed by atoms with Crippen molar-refractivity contribution in [3.05, 3.63) is 17.8 Å². The molecule has 0 aliphatic rings. The third-order valence-corrected chi connectivity index (χ3v) is 1.99. The summed E-state index contributed by atoms with van der Waals surface area (Å²) in [4.78, 5) is 16.9. The largest absolute Gasteiger partial charge is 0.478 e. The van der Waals surface area contributed by atoms with Crippen molar-refractivity contribution in [1.29, 1.82) is 0 Å². The molecule has 1 heterocycles. The Morgan fingerprint density at radius 1 is 1.62 bits per heavy atom. The zero-order valence-electron chi connectivity index (χ0n) is 9.40. The molecular weight excluding hydrogens is 208 g/mol. The number of nitrogens with two attached hydrogens (primary N) is 1. The minimum absolute atomic E-state index is 0.0961. The molecule has 1 aromatic heterocycles. The first-order valence-electron chi connectivity index (χ1n) is 4.88. The molecule has 0 radical (unpaired) electrons. The first-order chi connectivity index (χ1) is 7.50. The number of nitrogens with one attached hydrogen (secondary N) is 1. The van der Waals surface area contributed by atoms with Gasteiger partial charge in [0.25, 0.3) is 0 Å². The van der Waals surface area contributed by atoms with Gasteiger partial charge in [0.15, 0.2) is 0 Å². The summed E-state index contributed by atoms with van der Waals surface area (Å²) in [6.45, 7) is 1.43. The zero-order chi connectivity index (χ0) is 12.1. The summed E-state index contributed by atoms with van der Waals surface area (Å²) in [6.07, 6.45) is 1.43. The molecule has 0 bridgehead atoms. The van der Waals surface area contributed by atoms with E-state index < -0.39 is 5.97 Å². The number of carboxylic acid groups (broad SMARTS) is 1. The lowest BCUT2D eigenvalue weighted by molar-refractivity contribution is 0.0697. The van der Waals surface area contributed by atoms with Crippen LogP contribution in [0.4, 0.5) is 11.5 Å². The van der Waals surface area contributed by atoms with Crippen molar-refractivity contribution in [2.24, 2.45) is 0 Å². The smallest absolute Gasteiger partial charge is 0.339 e. The zero-order valence-corrected chi connectivity index (χ0v) is 9.40. The van der Waals surface area contributed by atoms with Crippen LogP contribution in [0.25, 0.3) is 0 Å². The lowest BCUT2D eigenvalue weighted by Crippen LogP contribution is -2.22. The van der Waals surface area contributed by atoms with Gasteiger partial charge < -0.3 is 21.1 Å². The van der Waals surface area contributed by atoms with Gasteiger partial charge in [0.1, 0.15) is 11.4 Å². The number of pyridine rings is 1. The van der Waals surface area contributed by atoms with E-state index in [1.807, 2.05) is 19.0 Å². The molecule has 0 saturated heterocycles. The van der Waals surface area contributed by atoms with Crippen LogP contribution < -0.4 is 11.1 Å². The van der Waals surface area contributed by atoms with E-state index >= 15 is 0 Å². The van der Waals surface area contributed by atoms with Crippen LogP contribution in [-0.4, -0.2) is 48.1 Å². The molecule has 4 N–H and O–H groups in total. The van der Waals surface area contributed by atoms with Crippen molar-refractivity contribution in [2.45, 2.75) is 0 Å². The van der Waals surface area contributed by atoms with E-state index in [2.05, 4.69) is 10.3 Å².